The zero-order chi connectivity index (χ0) is 12.6. The number of carbonyl (C=O) groups is 2. The van der Waals surface area contributed by atoms with E-state index in [4.69, 9.17) is 4.74 Å². The van der Waals surface area contributed by atoms with E-state index in [1.807, 2.05) is 20.8 Å². The van der Waals surface area contributed by atoms with E-state index in [1.165, 1.54) is 0 Å². The summed E-state index contributed by atoms with van der Waals surface area (Å²) >= 11 is 0. The van der Waals surface area contributed by atoms with Gasteiger partial charge in [-0.3, -0.25) is 9.59 Å². The predicted octanol–water partition coefficient (Wildman–Crippen LogP) is 0.148. The lowest BCUT2D eigenvalue weighted by Crippen LogP contribution is -2.64. The summed E-state index contributed by atoms with van der Waals surface area (Å²) < 4.78 is 5.29. The minimum atomic E-state index is -0.427. The van der Waals surface area contributed by atoms with Crippen LogP contribution in [0.5, 0.6) is 0 Å². The van der Waals surface area contributed by atoms with E-state index in [0.717, 1.165) is 6.42 Å². The summed E-state index contributed by atoms with van der Waals surface area (Å²) in [6, 6.07) is -0.359. The second-order valence-corrected chi connectivity index (χ2v) is 5.85. The maximum absolute atomic E-state index is 12.4. The third-order valence-electron chi connectivity index (χ3n) is 3.36. The van der Waals surface area contributed by atoms with Gasteiger partial charge in [0.15, 0.2) is 0 Å². The van der Waals surface area contributed by atoms with Gasteiger partial charge in [0.05, 0.1) is 19.2 Å². The summed E-state index contributed by atoms with van der Waals surface area (Å²) in [4.78, 5) is 25.7. The Morgan fingerprint density at radius 1 is 1.35 bits per heavy atom. The third-order valence-corrected chi connectivity index (χ3v) is 3.36. The largest absolute Gasteiger partial charge is 0.379 e. The molecule has 0 spiro atoms. The molecule has 2 atom stereocenters. The van der Waals surface area contributed by atoms with Crippen molar-refractivity contribution < 1.29 is 14.3 Å². The molecule has 0 aromatic rings. The molecule has 0 aliphatic carbocycles. The molecule has 2 unspecified atom stereocenters. The molecule has 2 fully saturated rings. The van der Waals surface area contributed by atoms with Gasteiger partial charge in [-0.15, -0.1) is 0 Å². The first kappa shape index (κ1) is 12.4. The van der Waals surface area contributed by atoms with Crippen molar-refractivity contribution in [3.8, 4) is 0 Å². The van der Waals surface area contributed by atoms with Gasteiger partial charge in [-0.25, -0.2) is 0 Å². The molecular formula is C12H20N2O3. The zero-order valence-corrected chi connectivity index (χ0v) is 10.7. The van der Waals surface area contributed by atoms with E-state index in [0.29, 0.717) is 13.2 Å². The third kappa shape index (κ3) is 2.44. The topological polar surface area (TPSA) is 58.6 Å². The monoisotopic (exact) mass is 240 g/mol. The highest BCUT2D eigenvalue weighted by Crippen LogP contribution is 2.25. The van der Waals surface area contributed by atoms with Crippen molar-refractivity contribution in [2.75, 3.05) is 19.8 Å². The summed E-state index contributed by atoms with van der Waals surface area (Å²) in [6.45, 7) is 7.28. The van der Waals surface area contributed by atoms with Crippen molar-refractivity contribution in [1.29, 1.82) is 0 Å². The molecule has 2 heterocycles. The number of piperazine rings is 1. The summed E-state index contributed by atoms with van der Waals surface area (Å²) in [5.41, 5.74) is -0.259. The highest BCUT2D eigenvalue weighted by atomic mass is 16.5. The van der Waals surface area contributed by atoms with Crippen molar-refractivity contribution >= 4 is 11.8 Å². The molecule has 0 radical (unpaired) electrons. The fourth-order valence-corrected chi connectivity index (χ4v) is 2.33. The molecule has 5 nitrogen and oxygen atoms in total. The number of rotatable bonds is 1. The van der Waals surface area contributed by atoms with Gasteiger partial charge in [-0.05, 0) is 11.8 Å². The molecule has 0 aromatic carbocycles. The minimum absolute atomic E-state index is 0.0209. The quantitative estimate of drug-likeness (QED) is 0.709. The lowest BCUT2D eigenvalue weighted by Gasteiger charge is -2.41. The number of hydrogen-bond acceptors (Lipinski definition) is 3. The lowest BCUT2D eigenvalue weighted by atomic mass is 9.84. The van der Waals surface area contributed by atoms with Gasteiger partial charge in [0.2, 0.25) is 11.8 Å². The second-order valence-electron chi connectivity index (χ2n) is 5.85. The van der Waals surface area contributed by atoms with Crippen molar-refractivity contribution in [2.24, 2.45) is 5.41 Å². The average Bonchev–Trinajstić information content (AvgIpc) is 2.72. The second kappa shape index (κ2) is 4.29. The maximum Gasteiger partial charge on any atom is 0.246 e. The van der Waals surface area contributed by atoms with Crippen molar-refractivity contribution in [3.05, 3.63) is 0 Å². The molecule has 0 aromatic heterocycles. The Hall–Kier alpha value is -1.10. The van der Waals surface area contributed by atoms with Crippen LogP contribution in [-0.4, -0.2) is 48.6 Å². The minimum Gasteiger partial charge on any atom is -0.379 e. The molecular weight excluding hydrogens is 220 g/mol. The zero-order valence-electron chi connectivity index (χ0n) is 10.7. The first-order chi connectivity index (χ1) is 7.89. The van der Waals surface area contributed by atoms with Gasteiger partial charge in [0.1, 0.15) is 6.04 Å². The molecule has 2 saturated heterocycles. The first-order valence-electron chi connectivity index (χ1n) is 6.07. The molecule has 0 bridgehead atoms. The Balaban J connectivity index is 2.16. The highest BCUT2D eigenvalue weighted by molar-refractivity contribution is 5.95. The Morgan fingerprint density at radius 3 is 2.59 bits per heavy atom. The van der Waals surface area contributed by atoms with Crippen LogP contribution in [0.15, 0.2) is 0 Å². The lowest BCUT2D eigenvalue weighted by molar-refractivity contribution is -0.149. The van der Waals surface area contributed by atoms with E-state index in [9.17, 15) is 9.59 Å². The van der Waals surface area contributed by atoms with Gasteiger partial charge < -0.3 is 15.0 Å². The SMILES string of the molecule is CC(C)(C)C1NC(=O)CN(C2CCOC2)C1=O. The fourth-order valence-electron chi connectivity index (χ4n) is 2.33. The van der Waals surface area contributed by atoms with E-state index < -0.39 is 6.04 Å². The van der Waals surface area contributed by atoms with Gasteiger partial charge >= 0.3 is 0 Å². The van der Waals surface area contributed by atoms with Crippen LogP contribution in [0.25, 0.3) is 0 Å². The van der Waals surface area contributed by atoms with Crippen LogP contribution in [0.4, 0.5) is 0 Å². The smallest absolute Gasteiger partial charge is 0.246 e. The molecule has 2 rings (SSSR count). The van der Waals surface area contributed by atoms with Crippen molar-refractivity contribution in [1.82, 2.24) is 10.2 Å². The highest BCUT2D eigenvalue weighted by Gasteiger charge is 2.42. The van der Waals surface area contributed by atoms with E-state index in [1.54, 1.807) is 4.90 Å². The average molecular weight is 240 g/mol. The first-order valence-corrected chi connectivity index (χ1v) is 6.07. The molecule has 0 saturated carbocycles. The van der Waals surface area contributed by atoms with Crippen LogP contribution in [0.2, 0.25) is 0 Å². The van der Waals surface area contributed by atoms with E-state index in [-0.39, 0.29) is 29.8 Å². The molecule has 96 valence electrons. The molecule has 1 N–H and O–H groups in total. The van der Waals surface area contributed by atoms with Gasteiger partial charge in [0, 0.05) is 6.61 Å². The van der Waals surface area contributed by atoms with Crippen LogP contribution in [0.3, 0.4) is 0 Å². The van der Waals surface area contributed by atoms with Gasteiger partial charge in [0.25, 0.3) is 0 Å². The summed E-state index contributed by atoms with van der Waals surface area (Å²) in [7, 11) is 0. The van der Waals surface area contributed by atoms with Gasteiger partial charge in [-0.2, -0.15) is 0 Å². The normalized spacial score (nSPS) is 30.6. The van der Waals surface area contributed by atoms with E-state index >= 15 is 0 Å². The maximum atomic E-state index is 12.4. The van der Waals surface area contributed by atoms with Crippen LogP contribution in [0.1, 0.15) is 27.2 Å². The Kier molecular flexibility index (Phi) is 3.12. The number of hydrogen-bond donors (Lipinski definition) is 1. The summed E-state index contributed by atoms with van der Waals surface area (Å²) in [5.74, 6) is -0.0518. The van der Waals surface area contributed by atoms with Crippen LogP contribution >= 0.6 is 0 Å². The number of nitrogens with zero attached hydrogens (tertiary/aromatic N) is 1. The Morgan fingerprint density at radius 2 is 2.06 bits per heavy atom. The predicted molar refractivity (Wildman–Crippen MR) is 62.3 cm³/mol. The molecule has 2 aliphatic heterocycles. The van der Waals surface area contributed by atoms with Gasteiger partial charge in [-0.1, -0.05) is 20.8 Å². The van der Waals surface area contributed by atoms with Crippen LogP contribution < -0.4 is 5.32 Å². The summed E-state index contributed by atoms with van der Waals surface area (Å²) in [5, 5.41) is 2.79. The van der Waals surface area contributed by atoms with Crippen molar-refractivity contribution in [2.45, 2.75) is 39.3 Å². The van der Waals surface area contributed by atoms with Crippen LogP contribution in [-0.2, 0) is 14.3 Å². The van der Waals surface area contributed by atoms with Crippen LogP contribution in [0, 0.1) is 5.41 Å². The number of nitrogens with one attached hydrogen (secondary N) is 1. The Labute approximate surface area is 101 Å². The molecule has 2 aliphatic rings. The molecule has 5 heteroatoms. The molecule has 2 amide bonds. The fraction of sp³-hybridized carbons (Fsp3) is 0.833. The molecule has 17 heavy (non-hydrogen) atoms. The van der Waals surface area contributed by atoms with Crippen molar-refractivity contribution in [3.63, 3.8) is 0 Å². The number of carbonyl (C=O) groups excluding carboxylic acids is 2. The number of amides is 2. The van der Waals surface area contributed by atoms with E-state index in [2.05, 4.69) is 5.32 Å². The Bertz CT molecular complexity index is 329. The summed E-state index contributed by atoms with van der Waals surface area (Å²) in [6.07, 6.45) is 0.829. The standard InChI is InChI=1S/C12H20N2O3/c1-12(2,3)10-11(16)14(6-9(15)13-10)8-4-5-17-7-8/h8,10H,4-7H2,1-3H3,(H,13,15). The number of ether oxygens (including phenoxy) is 1.